The van der Waals surface area contributed by atoms with E-state index in [2.05, 4.69) is 31.8 Å². The molecular weight excluding hydrogens is 483 g/mol. The number of thiazole rings is 1. The molecule has 0 amide bonds. The second kappa shape index (κ2) is 10.0. The summed E-state index contributed by atoms with van der Waals surface area (Å²) in [6.45, 7) is 3.51. The molecule has 0 aliphatic heterocycles. The third-order valence-corrected chi connectivity index (χ3v) is 5.37. The van der Waals surface area contributed by atoms with E-state index in [0.717, 1.165) is 22.2 Å². The van der Waals surface area contributed by atoms with Crippen molar-refractivity contribution >= 4 is 34.0 Å². The van der Waals surface area contributed by atoms with E-state index in [4.69, 9.17) is 15.6 Å². The van der Waals surface area contributed by atoms with Crippen molar-refractivity contribution in [1.82, 2.24) is 19.9 Å². The van der Waals surface area contributed by atoms with Crippen molar-refractivity contribution in [3.8, 4) is 23.2 Å². The molecule has 3 heterocycles. The Balaban J connectivity index is 0.000000429. The first-order valence-corrected chi connectivity index (χ1v) is 10.7. The van der Waals surface area contributed by atoms with Crippen LogP contribution in [0.3, 0.4) is 0 Å². The molecule has 0 aliphatic rings. The van der Waals surface area contributed by atoms with Gasteiger partial charge in [0, 0.05) is 40.0 Å². The summed E-state index contributed by atoms with van der Waals surface area (Å²) in [5, 5.41) is 20.9. The second-order valence-electron chi connectivity index (χ2n) is 7.32. The maximum atomic E-state index is 10.6. The standard InChI is InChI=1S/C21H17N5OS.C2HF3O2/c1-13-10-16-12-24-19(26-17(16)18(22)25-13)15-5-3-4-14(11-15)6-7-21(2,27)20-23-8-9-28-20;3-2(4,5)1(6)7/h3-5,8-12,27H,1-2H3,(H2,22,25);(H,6,7)/t21-;/m1./s1. The van der Waals surface area contributed by atoms with Gasteiger partial charge >= 0.3 is 12.1 Å². The fourth-order valence-corrected chi connectivity index (χ4v) is 3.44. The Hall–Kier alpha value is -4.08. The van der Waals surface area contributed by atoms with Crippen LogP contribution in [0, 0.1) is 18.8 Å². The number of nitrogen functional groups attached to an aromatic ring is 1. The molecule has 4 rings (SSSR count). The lowest BCUT2D eigenvalue weighted by molar-refractivity contribution is -0.192. The number of benzene rings is 1. The number of aryl methyl sites for hydroxylation is 1. The van der Waals surface area contributed by atoms with Crippen LogP contribution in [-0.2, 0) is 10.4 Å². The van der Waals surface area contributed by atoms with Gasteiger partial charge in [-0.2, -0.15) is 13.2 Å². The molecule has 0 saturated carbocycles. The van der Waals surface area contributed by atoms with Crippen LogP contribution in [0.15, 0.2) is 48.1 Å². The molecule has 0 aliphatic carbocycles. The Kier molecular flexibility index (Phi) is 7.33. The van der Waals surface area contributed by atoms with Crippen molar-refractivity contribution in [2.75, 3.05) is 5.73 Å². The van der Waals surface area contributed by atoms with Crippen molar-refractivity contribution in [3.05, 3.63) is 64.4 Å². The summed E-state index contributed by atoms with van der Waals surface area (Å²) < 4.78 is 31.7. The molecular formula is C23H18F3N5O3S. The minimum Gasteiger partial charge on any atom is -0.475 e. The third kappa shape index (κ3) is 6.50. The summed E-state index contributed by atoms with van der Waals surface area (Å²) in [5.74, 6) is 4.07. The first kappa shape index (κ1) is 25.5. The van der Waals surface area contributed by atoms with Gasteiger partial charge in [-0.05, 0) is 32.0 Å². The number of carboxylic acid groups (broad SMARTS) is 1. The molecule has 0 bridgehead atoms. The van der Waals surface area contributed by atoms with Gasteiger partial charge in [-0.1, -0.05) is 24.0 Å². The summed E-state index contributed by atoms with van der Waals surface area (Å²) in [5.41, 5.74) is 7.72. The van der Waals surface area contributed by atoms with E-state index < -0.39 is 17.7 Å². The van der Waals surface area contributed by atoms with Crippen molar-refractivity contribution in [3.63, 3.8) is 0 Å². The zero-order valence-electron chi connectivity index (χ0n) is 18.3. The highest BCUT2D eigenvalue weighted by Gasteiger charge is 2.38. The monoisotopic (exact) mass is 501 g/mol. The van der Waals surface area contributed by atoms with E-state index in [-0.39, 0.29) is 0 Å². The Morgan fingerprint density at radius 2 is 1.89 bits per heavy atom. The molecule has 0 fully saturated rings. The molecule has 0 spiro atoms. The highest BCUT2D eigenvalue weighted by Crippen LogP contribution is 2.24. The van der Waals surface area contributed by atoms with Crippen molar-refractivity contribution in [1.29, 1.82) is 0 Å². The number of nitrogens with two attached hydrogens (primary N) is 1. The SMILES string of the molecule is Cc1cc2cnc(-c3cccc(C#C[C@@](C)(O)c4nccs4)c3)nc2c(N)n1.O=C(O)C(F)(F)F. The van der Waals surface area contributed by atoms with Crippen LogP contribution in [0.25, 0.3) is 22.3 Å². The number of pyridine rings is 1. The van der Waals surface area contributed by atoms with Gasteiger partial charge in [0.2, 0.25) is 0 Å². The van der Waals surface area contributed by atoms with Crippen LogP contribution in [0.2, 0.25) is 0 Å². The maximum absolute atomic E-state index is 10.6. The number of aliphatic hydroxyl groups is 1. The Bertz CT molecular complexity index is 1430. The molecule has 12 heteroatoms. The molecule has 4 aromatic rings. The van der Waals surface area contributed by atoms with Crippen LogP contribution < -0.4 is 5.73 Å². The summed E-state index contributed by atoms with van der Waals surface area (Å²) in [7, 11) is 0. The highest BCUT2D eigenvalue weighted by atomic mass is 32.1. The maximum Gasteiger partial charge on any atom is 0.490 e. The highest BCUT2D eigenvalue weighted by molar-refractivity contribution is 7.09. The van der Waals surface area contributed by atoms with Crippen molar-refractivity contribution in [2.45, 2.75) is 25.6 Å². The number of carbonyl (C=O) groups is 1. The fourth-order valence-electron chi connectivity index (χ4n) is 2.79. The van der Waals surface area contributed by atoms with Crippen LogP contribution >= 0.6 is 11.3 Å². The Labute approximate surface area is 201 Å². The number of nitrogens with zero attached hydrogens (tertiary/aromatic N) is 4. The first-order valence-electron chi connectivity index (χ1n) is 9.83. The minimum absolute atomic E-state index is 0.383. The molecule has 180 valence electrons. The number of alkyl halides is 3. The van der Waals surface area contributed by atoms with E-state index in [1.165, 1.54) is 11.3 Å². The molecule has 35 heavy (non-hydrogen) atoms. The number of carboxylic acids is 1. The molecule has 1 aromatic carbocycles. The lowest BCUT2D eigenvalue weighted by atomic mass is 10.1. The average molecular weight is 501 g/mol. The largest absolute Gasteiger partial charge is 0.490 e. The number of fused-ring (bicyclic) bond motifs is 1. The first-order chi connectivity index (χ1) is 16.4. The molecule has 8 nitrogen and oxygen atoms in total. The zero-order chi connectivity index (χ0) is 25.8. The van der Waals surface area contributed by atoms with Gasteiger partial charge in [-0.25, -0.2) is 24.7 Å². The molecule has 0 saturated heterocycles. The normalized spacial score (nSPS) is 12.6. The Morgan fingerprint density at radius 3 is 2.51 bits per heavy atom. The number of hydrogen-bond acceptors (Lipinski definition) is 8. The van der Waals surface area contributed by atoms with E-state index in [0.29, 0.717) is 22.2 Å². The third-order valence-electron chi connectivity index (χ3n) is 4.38. The van der Waals surface area contributed by atoms with Crippen molar-refractivity contribution in [2.24, 2.45) is 0 Å². The summed E-state index contributed by atoms with van der Waals surface area (Å²) in [6, 6.07) is 9.43. The van der Waals surface area contributed by atoms with Gasteiger partial charge in [0.05, 0.1) is 0 Å². The fraction of sp³-hybridized carbons (Fsp3) is 0.174. The molecule has 4 N–H and O–H groups in total. The van der Waals surface area contributed by atoms with E-state index in [1.807, 2.05) is 42.6 Å². The molecule has 0 unspecified atom stereocenters. The van der Waals surface area contributed by atoms with Gasteiger partial charge in [0.25, 0.3) is 0 Å². The van der Waals surface area contributed by atoms with Crippen LogP contribution in [0.5, 0.6) is 0 Å². The number of aliphatic carboxylic acids is 1. The number of rotatable bonds is 2. The van der Waals surface area contributed by atoms with Crippen LogP contribution in [-0.4, -0.2) is 42.3 Å². The lowest BCUT2D eigenvalue weighted by Crippen LogP contribution is -2.21. The topological polar surface area (TPSA) is 135 Å². The van der Waals surface area contributed by atoms with Crippen LogP contribution in [0.4, 0.5) is 19.0 Å². The second-order valence-corrected chi connectivity index (χ2v) is 8.22. The van der Waals surface area contributed by atoms with Gasteiger partial charge < -0.3 is 15.9 Å². The molecule has 1 atom stereocenters. The van der Waals surface area contributed by atoms with Gasteiger partial charge in [-0.3, -0.25) is 0 Å². The summed E-state index contributed by atoms with van der Waals surface area (Å²) >= 11 is 1.37. The van der Waals surface area contributed by atoms with Crippen molar-refractivity contribution < 1.29 is 28.2 Å². The van der Waals surface area contributed by atoms with E-state index in [1.54, 1.807) is 19.3 Å². The number of halogens is 3. The summed E-state index contributed by atoms with van der Waals surface area (Å²) in [6.07, 6.45) is -1.69. The lowest BCUT2D eigenvalue weighted by Gasteiger charge is -2.12. The zero-order valence-corrected chi connectivity index (χ0v) is 19.1. The average Bonchev–Trinajstić information content (AvgIpc) is 3.34. The predicted octanol–water partition coefficient (Wildman–Crippen LogP) is 3.93. The number of aromatic nitrogens is 4. The van der Waals surface area contributed by atoms with Gasteiger partial charge in [-0.15, -0.1) is 11.3 Å². The minimum atomic E-state index is -5.08. The number of hydrogen-bond donors (Lipinski definition) is 3. The van der Waals surface area contributed by atoms with Gasteiger partial charge in [0.1, 0.15) is 16.3 Å². The smallest absolute Gasteiger partial charge is 0.475 e. The Morgan fingerprint density at radius 1 is 1.17 bits per heavy atom. The predicted molar refractivity (Wildman–Crippen MR) is 124 cm³/mol. The number of anilines is 1. The molecule has 3 aromatic heterocycles. The van der Waals surface area contributed by atoms with E-state index in [9.17, 15) is 18.3 Å². The molecule has 0 radical (unpaired) electrons. The quantitative estimate of drug-likeness (QED) is 0.352. The van der Waals surface area contributed by atoms with E-state index >= 15 is 0 Å². The van der Waals surface area contributed by atoms with Gasteiger partial charge in [0.15, 0.2) is 11.4 Å². The van der Waals surface area contributed by atoms with Crippen LogP contribution in [0.1, 0.15) is 23.2 Å². The summed E-state index contributed by atoms with van der Waals surface area (Å²) in [4.78, 5) is 26.3.